The molecule has 6 heteroatoms. The van der Waals surface area contributed by atoms with Gasteiger partial charge in [-0.3, -0.25) is 4.40 Å². The summed E-state index contributed by atoms with van der Waals surface area (Å²) in [6, 6.07) is 11.9. The van der Waals surface area contributed by atoms with Gasteiger partial charge in [0.05, 0.1) is 6.54 Å². The number of nitrogens with zero attached hydrogens (tertiary/aromatic N) is 3. The molecule has 0 aliphatic rings. The summed E-state index contributed by atoms with van der Waals surface area (Å²) in [5.74, 6) is -0.247. The predicted molar refractivity (Wildman–Crippen MR) is 82.3 cm³/mol. The summed E-state index contributed by atoms with van der Waals surface area (Å²) in [6.07, 6.45) is 1.70. The molecule has 1 aromatic carbocycles. The first-order chi connectivity index (χ1) is 10.6. The maximum absolute atomic E-state index is 13.2. The van der Waals surface area contributed by atoms with Crippen molar-refractivity contribution in [3.63, 3.8) is 0 Å². The molecule has 0 radical (unpaired) electrons. The van der Waals surface area contributed by atoms with Gasteiger partial charge in [-0.2, -0.15) is 0 Å². The molecule has 5 nitrogen and oxygen atoms in total. The summed E-state index contributed by atoms with van der Waals surface area (Å²) in [4.78, 5) is 12.1. The lowest BCUT2D eigenvalue weighted by molar-refractivity contribution is 0.497. The van der Waals surface area contributed by atoms with Gasteiger partial charge in [-0.25, -0.2) is 13.9 Å². The van der Waals surface area contributed by atoms with E-state index < -0.39 is 0 Å². The first kappa shape index (κ1) is 14.5. The highest BCUT2D eigenvalue weighted by Crippen LogP contribution is 2.12. The largest absolute Gasteiger partial charge is 0.350 e. The van der Waals surface area contributed by atoms with E-state index in [-0.39, 0.29) is 17.5 Å². The fourth-order valence-corrected chi connectivity index (χ4v) is 2.39. The van der Waals surface area contributed by atoms with E-state index in [0.29, 0.717) is 18.7 Å². The Hall–Kier alpha value is -2.47. The molecule has 3 aromatic rings. The number of hydrogen-bond acceptors (Lipinski definition) is 3. The van der Waals surface area contributed by atoms with Crippen molar-refractivity contribution in [2.45, 2.75) is 19.5 Å². The lowest BCUT2D eigenvalue weighted by Gasteiger charge is -2.13. The first-order valence-electron chi connectivity index (χ1n) is 7.18. The molecule has 0 fully saturated rings. The second-order valence-electron chi connectivity index (χ2n) is 5.17. The van der Waals surface area contributed by atoms with E-state index >= 15 is 0 Å². The van der Waals surface area contributed by atoms with Gasteiger partial charge in [0.15, 0.2) is 5.65 Å². The van der Waals surface area contributed by atoms with Crippen molar-refractivity contribution in [1.29, 1.82) is 0 Å². The van der Waals surface area contributed by atoms with Gasteiger partial charge in [-0.15, -0.1) is 5.10 Å². The van der Waals surface area contributed by atoms with Gasteiger partial charge in [0.25, 0.3) is 0 Å². The van der Waals surface area contributed by atoms with Gasteiger partial charge in [0.1, 0.15) is 5.82 Å². The lowest BCUT2D eigenvalue weighted by atomic mass is 10.1. The minimum absolute atomic E-state index is 0.00318. The summed E-state index contributed by atoms with van der Waals surface area (Å²) < 4.78 is 16.1. The molecule has 2 aromatic heterocycles. The number of halogens is 1. The van der Waals surface area contributed by atoms with Gasteiger partial charge in [0, 0.05) is 18.8 Å². The van der Waals surface area contributed by atoms with Crippen LogP contribution < -0.4 is 11.0 Å². The SMILES string of the molecule is CC(NCCn1nc2ccccn2c1=O)c1cccc(F)c1. The molecule has 0 aliphatic carbocycles. The Morgan fingerprint density at radius 1 is 1.27 bits per heavy atom. The van der Waals surface area contributed by atoms with Gasteiger partial charge < -0.3 is 5.32 Å². The molecule has 2 heterocycles. The monoisotopic (exact) mass is 300 g/mol. The van der Waals surface area contributed by atoms with Crippen molar-refractivity contribution < 1.29 is 4.39 Å². The zero-order valence-corrected chi connectivity index (χ0v) is 12.2. The molecular weight excluding hydrogens is 283 g/mol. The molecule has 0 amide bonds. The number of fused-ring (bicyclic) bond motifs is 1. The molecule has 0 spiro atoms. The van der Waals surface area contributed by atoms with Crippen molar-refractivity contribution in [1.82, 2.24) is 19.5 Å². The van der Waals surface area contributed by atoms with Crippen LogP contribution in [-0.2, 0) is 6.54 Å². The fraction of sp³-hybridized carbons (Fsp3) is 0.250. The third-order valence-electron chi connectivity index (χ3n) is 3.61. The zero-order valence-electron chi connectivity index (χ0n) is 12.2. The molecule has 22 heavy (non-hydrogen) atoms. The highest BCUT2D eigenvalue weighted by Gasteiger charge is 2.08. The zero-order chi connectivity index (χ0) is 15.5. The Morgan fingerprint density at radius 3 is 2.91 bits per heavy atom. The standard InChI is InChI=1S/C16H17FN4O/c1-12(13-5-4-6-14(17)11-13)18-8-10-21-16(22)20-9-3-2-7-15(20)19-21/h2-7,9,11-12,18H,8,10H2,1H3. The van der Waals surface area contributed by atoms with Gasteiger partial charge in [-0.05, 0) is 36.8 Å². The summed E-state index contributed by atoms with van der Waals surface area (Å²) in [7, 11) is 0. The number of hydrogen-bond donors (Lipinski definition) is 1. The highest BCUT2D eigenvalue weighted by molar-refractivity contribution is 5.35. The molecular formula is C16H17FN4O. The topological polar surface area (TPSA) is 51.3 Å². The number of nitrogens with one attached hydrogen (secondary N) is 1. The minimum atomic E-state index is -0.247. The lowest BCUT2D eigenvalue weighted by Crippen LogP contribution is -2.29. The van der Waals surface area contributed by atoms with Crippen molar-refractivity contribution in [3.8, 4) is 0 Å². The maximum Gasteiger partial charge on any atom is 0.350 e. The number of rotatable bonds is 5. The molecule has 1 unspecified atom stereocenters. The van der Waals surface area contributed by atoms with Crippen LogP contribution in [0.25, 0.3) is 5.65 Å². The second-order valence-corrected chi connectivity index (χ2v) is 5.17. The third-order valence-corrected chi connectivity index (χ3v) is 3.61. The van der Waals surface area contributed by atoms with E-state index in [1.165, 1.54) is 21.2 Å². The second kappa shape index (κ2) is 6.11. The van der Waals surface area contributed by atoms with Crippen LogP contribution in [0.5, 0.6) is 0 Å². The summed E-state index contributed by atoms with van der Waals surface area (Å²) >= 11 is 0. The molecule has 1 N–H and O–H groups in total. The molecule has 0 saturated heterocycles. The smallest absolute Gasteiger partial charge is 0.308 e. The number of benzene rings is 1. The van der Waals surface area contributed by atoms with Crippen LogP contribution >= 0.6 is 0 Å². The quantitative estimate of drug-likeness (QED) is 0.784. The van der Waals surface area contributed by atoms with E-state index in [2.05, 4.69) is 10.4 Å². The average Bonchev–Trinajstić information content (AvgIpc) is 2.84. The molecule has 0 aliphatic heterocycles. The van der Waals surface area contributed by atoms with Crippen LogP contribution in [0.4, 0.5) is 4.39 Å². The van der Waals surface area contributed by atoms with E-state index in [0.717, 1.165) is 5.56 Å². The summed E-state index contributed by atoms with van der Waals surface area (Å²) in [6.45, 7) is 2.99. The molecule has 3 rings (SSSR count). The van der Waals surface area contributed by atoms with E-state index in [4.69, 9.17) is 0 Å². The fourth-order valence-electron chi connectivity index (χ4n) is 2.39. The van der Waals surface area contributed by atoms with Crippen molar-refractivity contribution in [3.05, 3.63) is 70.5 Å². The van der Waals surface area contributed by atoms with Crippen molar-refractivity contribution in [2.75, 3.05) is 6.54 Å². The van der Waals surface area contributed by atoms with Crippen molar-refractivity contribution in [2.24, 2.45) is 0 Å². The van der Waals surface area contributed by atoms with Gasteiger partial charge in [0.2, 0.25) is 0 Å². The van der Waals surface area contributed by atoms with E-state index in [1.807, 2.05) is 19.1 Å². The first-order valence-corrected chi connectivity index (χ1v) is 7.18. The molecule has 114 valence electrons. The number of aromatic nitrogens is 3. The Balaban J connectivity index is 1.65. The van der Waals surface area contributed by atoms with E-state index in [1.54, 1.807) is 24.4 Å². The number of pyridine rings is 1. The van der Waals surface area contributed by atoms with Gasteiger partial charge >= 0.3 is 5.69 Å². The summed E-state index contributed by atoms with van der Waals surface area (Å²) in [5, 5.41) is 7.53. The Kier molecular flexibility index (Phi) is 4.02. The Morgan fingerprint density at radius 2 is 2.14 bits per heavy atom. The predicted octanol–water partition coefficient (Wildman–Crippen LogP) is 1.99. The maximum atomic E-state index is 13.2. The molecule has 0 bridgehead atoms. The molecule has 0 saturated carbocycles. The molecule has 1 atom stereocenters. The van der Waals surface area contributed by atoms with Crippen LogP contribution in [0.15, 0.2) is 53.5 Å². The van der Waals surface area contributed by atoms with E-state index in [9.17, 15) is 9.18 Å². The van der Waals surface area contributed by atoms with Gasteiger partial charge in [-0.1, -0.05) is 18.2 Å². The summed E-state index contributed by atoms with van der Waals surface area (Å²) in [5.41, 5.74) is 1.35. The van der Waals surface area contributed by atoms with Crippen LogP contribution in [0.1, 0.15) is 18.5 Å². The van der Waals surface area contributed by atoms with Crippen LogP contribution in [-0.4, -0.2) is 20.7 Å². The Bertz CT molecular complexity index is 839. The van der Waals surface area contributed by atoms with Crippen LogP contribution in [0.3, 0.4) is 0 Å². The highest BCUT2D eigenvalue weighted by atomic mass is 19.1. The normalized spacial score (nSPS) is 12.6. The average molecular weight is 300 g/mol. The van der Waals surface area contributed by atoms with Crippen molar-refractivity contribution >= 4 is 5.65 Å². The minimum Gasteiger partial charge on any atom is -0.308 e. The Labute approximate surface area is 127 Å². The van der Waals surface area contributed by atoms with Crippen LogP contribution in [0, 0.1) is 5.82 Å². The van der Waals surface area contributed by atoms with Crippen LogP contribution in [0.2, 0.25) is 0 Å². The third kappa shape index (κ3) is 2.92.